The second-order valence-corrected chi connectivity index (χ2v) is 6.27. The number of benzene rings is 2. The lowest BCUT2D eigenvalue weighted by molar-refractivity contribution is -0.137. The molecule has 0 radical (unpaired) electrons. The lowest BCUT2D eigenvalue weighted by Crippen LogP contribution is -2.04. The van der Waals surface area contributed by atoms with E-state index in [0.29, 0.717) is 0 Å². The van der Waals surface area contributed by atoms with Gasteiger partial charge in [-0.15, -0.1) is 0 Å². The van der Waals surface area contributed by atoms with Gasteiger partial charge < -0.3 is 0 Å². The van der Waals surface area contributed by atoms with Crippen LogP contribution in [0.3, 0.4) is 0 Å². The maximum Gasteiger partial charge on any atom is 0.416 e. The predicted octanol–water partition coefficient (Wildman–Crippen LogP) is 5.92. The maximum absolute atomic E-state index is 12.8. The zero-order chi connectivity index (χ0) is 17.4. The van der Waals surface area contributed by atoms with Gasteiger partial charge in [-0.2, -0.15) is 13.2 Å². The summed E-state index contributed by atoms with van der Waals surface area (Å²) in [7, 11) is 0. The van der Waals surface area contributed by atoms with E-state index in [2.05, 4.69) is 17.1 Å². The summed E-state index contributed by atoms with van der Waals surface area (Å²) in [6.45, 7) is 0. The lowest BCUT2D eigenvalue weighted by atomic mass is 9.95. The molecule has 1 aliphatic rings. The Morgan fingerprint density at radius 3 is 2.12 bits per heavy atom. The van der Waals surface area contributed by atoms with Crippen LogP contribution in [0.15, 0.2) is 60.8 Å². The van der Waals surface area contributed by atoms with E-state index in [1.807, 2.05) is 24.4 Å². The Morgan fingerprint density at radius 2 is 1.44 bits per heavy atom. The Hall–Kier alpha value is -2.62. The number of alkyl halides is 3. The third kappa shape index (κ3) is 2.93. The average molecular weight is 339 g/mol. The summed E-state index contributed by atoms with van der Waals surface area (Å²) in [4.78, 5) is 4.61. The van der Waals surface area contributed by atoms with E-state index in [9.17, 15) is 13.2 Å². The van der Waals surface area contributed by atoms with E-state index in [1.54, 1.807) is 0 Å². The molecule has 1 nitrogen and oxygen atoms in total. The lowest BCUT2D eigenvalue weighted by Gasteiger charge is -2.13. The minimum atomic E-state index is -4.31. The molecule has 3 aromatic rings. The number of hydrogen-bond donors (Lipinski definition) is 0. The van der Waals surface area contributed by atoms with Crippen molar-refractivity contribution >= 4 is 0 Å². The Bertz CT molecular complexity index is 897. The van der Waals surface area contributed by atoms with Gasteiger partial charge in [0.25, 0.3) is 0 Å². The van der Waals surface area contributed by atoms with Crippen LogP contribution >= 0.6 is 0 Å². The van der Waals surface area contributed by atoms with Crippen LogP contribution in [0.2, 0.25) is 0 Å². The molecule has 2 aromatic carbocycles. The van der Waals surface area contributed by atoms with Crippen LogP contribution in [0, 0.1) is 0 Å². The van der Waals surface area contributed by atoms with Gasteiger partial charge in [-0.3, -0.25) is 4.98 Å². The summed E-state index contributed by atoms with van der Waals surface area (Å²) in [6, 6.07) is 15.4. The molecule has 0 saturated carbocycles. The summed E-state index contributed by atoms with van der Waals surface area (Å²) in [5.74, 6) is 0. The molecule has 0 bridgehead atoms. The van der Waals surface area contributed by atoms with Gasteiger partial charge in [0.1, 0.15) is 0 Å². The Kier molecular flexibility index (Phi) is 3.83. The minimum absolute atomic E-state index is 0.631. The van der Waals surface area contributed by atoms with Gasteiger partial charge in [0.05, 0.1) is 11.3 Å². The minimum Gasteiger partial charge on any atom is -0.255 e. The van der Waals surface area contributed by atoms with Crippen LogP contribution in [-0.4, -0.2) is 4.98 Å². The summed E-state index contributed by atoms with van der Waals surface area (Å²) in [5, 5.41) is 0. The summed E-state index contributed by atoms with van der Waals surface area (Å²) in [6.07, 6.45) is 0.487. The number of rotatable bonds is 2. The summed E-state index contributed by atoms with van der Waals surface area (Å²) >= 11 is 0. The normalized spacial score (nSPS) is 13.7. The third-order valence-corrected chi connectivity index (χ3v) is 4.72. The highest BCUT2D eigenvalue weighted by Gasteiger charge is 2.30. The van der Waals surface area contributed by atoms with Crippen molar-refractivity contribution in [3.05, 3.63) is 77.5 Å². The molecular weight excluding hydrogens is 323 g/mol. The number of nitrogens with zero attached hydrogens (tertiary/aromatic N) is 1. The van der Waals surface area contributed by atoms with Crippen LogP contribution in [0.1, 0.15) is 23.1 Å². The predicted molar refractivity (Wildman–Crippen MR) is 92.1 cm³/mol. The molecule has 0 spiro atoms. The molecule has 25 heavy (non-hydrogen) atoms. The van der Waals surface area contributed by atoms with Crippen LogP contribution in [0.4, 0.5) is 13.2 Å². The largest absolute Gasteiger partial charge is 0.416 e. The molecule has 0 amide bonds. The van der Waals surface area contributed by atoms with Crippen LogP contribution in [0.5, 0.6) is 0 Å². The molecule has 1 aromatic heterocycles. The molecule has 1 aliphatic carbocycles. The highest BCUT2D eigenvalue weighted by molar-refractivity contribution is 5.75. The first-order valence-electron chi connectivity index (χ1n) is 8.28. The van der Waals surface area contributed by atoms with Crippen molar-refractivity contribution in [2.45, 2.75) is 25.4 Å². The fraction of sp³-hybridized carbons (Fsp3) is 0.190. The van der Waals surface area contributed by atoms with Crippen molar-refractivity contribution in [3.63, 3.8) is 0 Å². The average Bonchev–Trinajstić information content (AvgIpc) is 3.11. The molecule has 1 heterocycles. The quantitative estimate of drug-likeness (QED) is 0.564. The first-order valence-corrected chi connectivity index (χ1v) is 8.28. The molecule has 0 saturated heterocycles. The molecule has 4 heteroatoms. The van der Waals surface area contributed by atoms with Crippen LogP contribution in [0.25, 0.3) is 22.4 Å². The molecule has 0 unspecified atom stereocenters. The highest BCUT2D eigenvalue weighted by atomic mass is 19.4. The van der Waals surface area contributed by atoms with Crippen molar-refractivity contribution in [1.29, 1.82) is 0 Å². The summed E-state index contributed by atoms with van der Waals surface area (Å²) in [5.41, 5.74) is 5.62. The van der Waals surface area contributed by atoms with Gasteiger partial charge in [0.2, 0.25) is 0 Å². The maximum atomic E-state index is 12.8. The zero-order valence-corrected chi connectivity index (χ0v) is 13.5. The smallest absolute Gasteiger partial charge is 0.255 e. The molecule has 4 rings (SSSR count). The molecule has 0 fully saturated rings. The Balaban J connectivity index is 1.79. The molecule has 0 atom stereocenters. The van der Waals surface area contributed by atoms with Gasteiger partial charge in [-0.1, -0.05) is 42.5 Å². The standard InChI is InChI=1S/C21H16F3N/c22-21(23,24)16-11-9-15(10-12-16)20-18-8-4-7-17(18)19(13-25-20)14-5-2-1-3-6-14/h1-3,5-6,9-13H,4,7-8H2. The van der Waals surface area contributed by atoms with Crippen molar-refractivity contribution in [2.75, 3.05) is 0 Å². The van der Waals surface area contributed by atoms with E-state index in [4.69, 9.17) is 0 Å². The van der Waals surface area contributed by atoms with Crippen molar-refractivity contribution in [3.8, 4) is 22.4 Å². The third-order valence-electron chi connectivity index (χ3n) is 4.72. The molecule has 126 valence electrons. The van der Waals surface area contributed by atoms with Crippen LogP contribution in [-0.2, 0) is 19.0 Å². The van der Waals surface area contributed by atoms with E-state index < -0.39 is 11.7 Å². The van der Waals surface area contributed by atoms with Crippen molar-refractivity contribution in [1.82, 2.24) is 4.98 Å². The Morgan fingerprint density at radius 1 is 0.760 bits per heavy atom. The van der Waals surface area contributed by atoms with Gasteiger partial charge in [0, 0.05) is 17.3 Å². The summed E-state index contributed by atoms with van der Waals surface area (Å²) < 4.78 is 38.3. The number of hydrogen-bond acceptors (Lipinski definition) is 1. The molecule has 0 aliphatic heterocycles. The highest BCUT2D eigenvalue weighted by Crippen LogP contribution is 2.38. The van der Waals surface area contributed by atoms with E-state index in [1.165, 1.54) is 23.3 Å². The van der Waals surface area contributed by atoms with Crippen molar-refractivity contribution in [2.24, 2.45) is 0 Å². The number of pyridine rings is 1. The Labute approximate surface area is 144 Å². The first-order chi connectivity index (χ1) is 12.0. The van der Waals surface area contributed by atoms with Crippen LogP contribution < -0.4 is 0 Å². The first kappa shape index (κ1) is 15.9. The SMILES string of the molecule is FC(F)(F)c1ccc(-c2ncc(-c3ccccc3)c3c2CCC3)cc1. The number of aromatic nitrogens is 1. The molecule has 0 N–H and O–H groups in total. The fourth-order valence-corrected chi connectivity index (χ4v) is 3.52. The van der Waals surface area contributed by atoms with Gasteiger partial charge in [0.15, 0.2) is 0 Å². The number of halogens is 3. The topological polar surface area (TPSA) is 12.9 Å². The second-order valence-electron chi connectivity index (χ2n) is 6.27. The molecular formula is C21H16F3N. The van der Waals surface area contributed by atoms with E-state index in [-0.39, 0.29) is 0 Å². The van der Waals surface area contributed by atoms with Crippen molar-refractivity contribution < 1.29 is 13.2 Å². The fourth-order valence-electron chi connectivity index (χ4n) is 3.52. The van der Waals surface area contributed by atoms with E-state index in [0.717, 1.165) is 53.8 Å². The number of fused-ring (bicyclic) bond motifs is 1. The second kappa shape index (κ2) is 6.03. The van der Waals surface area contributed by atoms with Gasteiger partial charge in [-0.25, -0.2) is 0 Å². The van der Waals surface area contributed by atoms with E-state index >= 15 is 0 Å². The zero-order valence-electron chi connectivity index (χ0n) is 13.5. The van der Waals surface area contributed by atoms with Gasteiger partial charge >= 0.3 is 6.18 Å². The van der Waals surface area contributed by atoms with Gasteiger partial charge in [-0.05, 0) is 48.1 Å². The monoisotopic (exact) mass is 339 g/mol.